The van der Waals surface area contributed by atoms with Gasteiger partial charge >= 0.3 is 0 Å². The number of nitrogens with zero attached hydrogens (tertiary/aromatic N) is 1. The van der Waals surface area contributed by atoms with Crippen molar-refractivity contribution in [2.45, 2.75) is 25.8 Å². The molecule has 0 saturated carbocycles. The van der Waals surface area contributed by atoms with Crippen molar-refractivity contribution in [2.75, 3.05) is 11.9 Å². The molecule has 1 heterocycles. The molecule has 0 fully saturated rings. The number of benzene rings is 2. The molecular formula is C17H18BrNO. The third-order valence-electron chi connectivity index (χ3n) is 4.00. The number of fused-ring (bicyclic) bond motifs is 1. The molecule has 0 spiro atoms. The molecule has 0 radical (unpaired) electrons. The molecule has 0 bridgehead atoms. The lowest BCUT2D eigenvalue weighted by Crippen LogP contribution is -2.33. The van der Waals surface area contributed by atoms with Gasteiger partial charge in [0.05, 0.1) is 4.47 Å². The zero-order chi connectivity index (χ0) is 14.1. The van der Waals surface area contributed by atoms with Gasteiger partial charge in [-0.05, 0) is 60.0 Å². The molecule has 3 heteroatoms. The van der Waals surface area contributed by atoms with Gasteiger partial charge in [0.2, 0.25) is 0 Å². The van der Waals surface area contributed by atoms with Crippen molar-refractivity contribution in [3.05, 3.63) is 52.5 Å². The molecule has 0 saturated heterocycles. The summed E-state index contributed by atoms with van der Waals surface area (Å²) in [6.45, 7) is 2.27. The van der Waals surface area contributed by atoms with Crippen molar-refractivity contribution < 1.29 is 4.74 Å². The maximum atomic E-state index is 6.12. The van der Waals surface area contributed by atoms with E-state index in [2.05, 4.69) is 46.9 Å². The predicted molar refractivity (Wildman–Crippen MR) is 86.8 cm³/mol. The fraction of sp³-hybridized carbons (Fsp3) is 0.294. The van der Waals surface area contributed by atoms with E-state index in [0.29, 0.717) is 6.04 Å². The first kappa shape index (κ1) is 13.5. The van der Waals surface area contributed by atoms with Crippen molar-refractivity contribution in [3.8, 4) is 11.5 Å². The highest BCUT2D eigenvalue weighted by atomic mass is 79.9. The maximum Gasteiger partial charge on any atom is 0.146 e. The van der Waals surface area contributed by atoms with Gasteiger partial charge < -0.3 is 9.64 Å². The van der Waals surface area contributed by atoms with Gasteiger partial charge in [-0.15, -0.1) is 0 Å². The van der Waals surface area contributed by atoms with Crippen LogP contribution in [0.3, 0.4) is 0 Å². The summed E-state index contributed by atoms with van der Waals surface area (Å²) in [5, 5.41) is 0. The molecule has 0 N–H and O–H groups in total. The first-order valence-corrected chi connectivity index (χ1v) is 7.73. The topological polar surface area (TPSA) is 12.5 Å². The number of para-hydroxylation sites is 1. The van der Waals surface area contributed by atoms with Crippen LogP contribution in [0.2, 0.25) is 0 Å². The predicted octanol–water partition coefficient (Wildman–Crippen LogP) is 5.01. The summed E-state index contributed by atoms with van der Waals surface area (Å²) in [6, 6.07) is 14.8. The van der Waals surface area contributed by atoms with Crippen LogP contribution in [0.25, 0.3) is 0 Å². The highest BCUT2D eigenvalue weighted by Gasteiger charge is 2.24. The lowest BCUT2D eigenvalue weighted by Gasteiger charge is -2.35. The number of anilines is 1. The normalized spacial score (nSPS) is 17.8. The second-order valence-electron chi connectivity index (χ2n) is 5.29. The zero-order valence-electron chi connectivity index (χ0n) is 11.8. The summed E-state index contributed by atoms with van der Waals surface area (Å²) in [4.78, 5) is 2.34. The van der Waals surface area contributed by atoms with Gasteiger partial charge in [0.15, 0.2) is 0 Å². The van der Waals surface area contributed by atoms with Crippen molar-refractivity contribution in [1.29, 1.82) is 0 Å². The average Bonchev–Trinajstić information content (AvgIpc) is 2.47. The molecule has 1 unspecified atom stereocenters. The monoisotopic (exact) mass is 331 g/mol. The largest absolute Gasteiger partial charge is 0.456 e. The van der Waals surface area contributed by atoms with E-state index in [4.69, 9.17) is 4.74 Å². The van der Waals surface area contributed by atoms with E-state index < -0.39 is 0 Å². The van der Waals surface area contributed by atoms with E-state index in [1.54, 1.807) is 0 Å². The van der Waals surface area contributed by atoms with E-state index >= 15 is 0 Å². The number of ether oxygens (including phenoxy) is 1. The Bertz CT molecular complexity index is 612. The molecular weight excluding hydrogens is 314 g/mol. The third-order valence-corrected chi connectivity index (χ3v) is 4.63. The Morgan fingerprint density at radius 3 is 2.65 bits per heavy atom. The third kappa shape index (κ3) is 2.42. The molecule has 1 atom stereocenters. The van der Waals surface area contributed by atoms with E-state index in [1.165, 1.54) is 11.3 Å². The van der Waals surface area contributed by atoms with Gasteiger partial charge in [-0.1, -0.05) is 18.2 Å². The van der Waals surface area contributed by atoms with Crippen LogP contribution in [-0.4, -0.2) is 13.1 Å². The van der Waals surface area contributed by atoms with Gasteiger partial charge in [-0.25, -0.2) is 0 Å². The first-order valence-electron chi connectivity index (χ1n) is 6.94. The molecule has 3 rings (SSSR count). The Balaban J connectivity index is 2.03. The summed E-state index contributed by atoms with van der Waals surface area (Å²) in [6.07, 6.45) is 2.22. The standard InChI is InChI=1S/C17H18BrNO/c1-12-8-9-14-16(19(12)2)11-10-15(18)17(14)20-13-6-4-3-5-7-13/h3-7,10-12H,8-9H2,1-2H3. The van der Waals surface area contributed by atoms with Crippen molar-refractivity contribution in [3.63, 3.8) is 0 Å². The SMILES string of the molecule is CC1CCc2c(ccc(Br)c2Oc2ccccc2)N1C. The molecule has 1 aliphatic rings. The summed E-state index contributed by atoms with van der Waals surface area (Å²) >= 11 is 3.62. The maximum absolute atomic E-state index is 6.12. The summed E-state index contributed by atoms with van der Waals surface area (Å²) < 4.78 is 7.13. The number of hydrogen-bond donors (Lipinski definition) is 0. The Morgan fingerprint density at radius 2 is 1.90 bits per heavy atom. The average molecular weight is 332 g/mol. The van der Waals surface area contributed by atoms with Crippen molar-refractivity contribution in [2.24, 2.45) is 0 Å². The first-order chi connectivity index (χ1) is 9.66. The molecule has 2 aromatic rings. The minimum atomic E-state index is 0.577. The van der Waals surface area contributed by atoms with E-state index in [0.717, 1.165) is 28.8 Å². The van der Waals surface area contributed by atoms with Crippen LogP contribution in [0, 0.1) is 0 Å². The summed E-state index contributed by atoms with van der Waals surface area (Å²) in [5.74, 6) is 1.83. The van der Waals surface area contributed by atoms with Crippen molar-refractivity contribution in [1.82, 2.24) is 0 Å². The van der Waals surface area contributed by atoms with Gasteiger partial charge in [-0.3, -0.25) is 0 Å². The second-order valence-corrected chi connectivity index (χ2v) is 6.14. The van der Waals surface area contributed by atoms with E-state index in [1.807, 2.05) is 30.3 Å². The number of rotatable bonds is 2. The van der Waals surface area contributed by atoms with Crippen LogP contribution in [0.4, 0.5) is 5.69 Å². The minimum absolute atomic E-state index is 0.577. The van der Waals surface area contributed by atoms with Crippen LogP contribution in [-0.2, 0) is 6.42 Å². The van der Waals surface area contributed by atoms with Crippen LogP contribution < -0.4 is 9.64 Å². The fourth-order valence-corrected chi connectivity index (χ4v) is 3.11. The molecule has 1 aliphatic heterocycles. The minimum Gasteiger partial charge on any atom is -0.456 e. The molecule has 0 aromatic heterocycles. The lowest BCUT2D eigenvalue weighted by atomic mass is 9.96. The van der Waals surface area contributed by atoms with Crippen LogP contribution >= 0.6 is 15.9 Å². The second kappa shape index (κ2) is 5.49. The Labute approximate surface area is 128 Å². The van der Waals surface area contributed by atoms with Crippen molar-refractivity contribution >= 4 is 21.6 Å². The van der Waals surface area contributed by atoms with Crippen LogP contribution in [0.15, 0.2) is 46.9 Å². The lowest BCUT2D eigenvalue weighted by molar-refractivity contribution is 0.466. The highest BCUT2D eigenvalue weighted by molar-refractivity contribution is 9.10. The molecule has 2 aromatic carbocycles. The van der Waals surface area contributed by atoms with E-state index in [-0.39, 0.29) is 0 Å². The van der Waals surface area contributed by atoms with E-state index in [9.17, 15) is 0 Å². The number of hydrogen-bond acceptors (Lipinski definition) is 2. The summed E-state index contributed by atoms with van der Waals surface area (Å²) in [7, 11) is 2.16. The van der Waals surface area contributed by atoms with Crippen LogP contribution in [0.5, 0.6) is 11.5 Å². The summed E-state index contributed by atoms with van der Waals surface area (Å²) in [5.41, 5.74) is 2.57. The highest BCUT2D eigenvalue weighted by Crippen LogP contribution is 2.42. The Morgan fingerprint density at radius 1 is 1.15 bits per heavy atom. The Kier molecular flexibility index (Phi) is 3.70. The molecule has 0 amide bonds. The van der Waals surface area contributed by atoms with Gasteiger partial charge in [0.1, 0.15) is 11.5 Å². The zero-order valence-corrected chi connectivity index (χ0v) is 13.4. The molecule has 0 aliphatic carbocycles. The van der Waals surface area contributed by atoms with Gasteiger partial charge in [0.25, 0.3) is 0 Å². The molecule has 20 heavy (non-hydrogen) atoms. The van der Waals surface area contributed by atoms with Gasteiger partial charge in [-0.2, -0.15) is 0 Å². The van der Waals surface area contributed by atoms with Crippen LogP contribution in [0.1, 0.15) is 18.9 Å². The quantitative estimate of drug-likeness (QED) is 0.766. The molecule has 104 valence electrons. The Hall–Kier alpha value is -1.48. The smallest absolute Gasteiger partial charge is 0.146 e. The fourth-order valence-electron chi connectivity index (χ4n) is 2.66. The molecule has 2 nitrogen and oxygen atoms in total. The number of halogens is 1. The van der Waals surface area contributed by atoms with Gasteiger partial charge in [0, 0.05) is 24.3 Å².